The first kappa shape index (κ1) is 15.1. The summed E-state index contributed by atoms with van der Waals surface area (Å²) in [6, 6.07) is 0. The van der Waals surface area contributed by atoms with Gasteiger partial charge in [-0.3, -0.25) is 0 Å². The molecule has 1 rings (SSSR count). The lowest BCUT2D eigenvalue weighted by Gasteiger charge is -2.28. The Morgan fingerprint density at radius 2 is 1.88 bits per heavy atom. The van der Waals surface area contributed by atoms with Crippen molar-refractivity contribution in [3.8, 4) is 0 Å². The third-order valence-electron chi connectivity index (χ3n) is 3.63. The van der Waals surface area contributed by atoms with Crippen molar-refractivity contribution in [3.63, 3.8) is 0 Å². The van der Waals surface area contributed by atoms with Crippen LogP contribution in [0, 0.1) is 0 Å². The minimum absolute atomic E-state index is 0.660. The molecule has 0 aromatic heterocycles. The molecule has 0 aromatic carbocycles. The van der Waals surface area contributed by atoms with Gasteiger partial charge in [-0.15, -0.1) is 0 Å². The predicted molar refractivity (Wildman–Crippen MR) is 73.8 cm³/mol. The van der Waals surface area contributed by atoms with Gasteiger partial charge < -0.3 is 19.1 Å². The summed E-state index contributed by atoms with van der Waals surface area (Å²) >= 11 is 0. The Bertz CT molecular complexity index is 185. The Balaban J connectivity index is 2.17. The van der Waals surface area contributed by atoms with E-state index in [9.17, 15) is 0 Å². The Morgan fingerprint density at radius 3 is 2.41 bits per heavy atom. The highest BCUT2D eigenvalue weighted by molar-refractivity contribution is 6.46. The maximum atomic E-state index is 5.49. The number of nitrogens with one attached hydrogen (secondary N) is 1. The molecular weight excluding hydrogens is 232 g/mol. The van der Waals surface area contributed by atoms with Crippen LogP contribution in [0.5, 0.6) is 0 Å². The summed E-state index contributed by atoms with van der Waals surface area (Å²) in [5.41, 5.74) is 0.660. The van der Waals surface area contributed by atoms with Gasteiger partial charge in [0.05, 0.1) is 0 Å². The zero-order valence-corrected chi connectivity index (χ0v) is 12.7. The van der Waals surface area contributed by atoms with Crippen LogP contribution in [-0.4, -0.2) is 61.1 Å². The second kappa shape index (κ2) is 9.05. The summed E-state index contributed by atoms with van der Waals surface area (Å²) in [5.74, 6) is 0. The van der Waals surface area contributed by atoms with Crippen molar-refractivity contribution in [2.75, 3.05) is 46.9 Å². The molecule has 5 heteroatoms. The Kier molecular flexibility index (Phi) is 8.05. The van der Waals surface area contributed by atoms with E-state index in [1.165, 1.54) is 38.9 Å². The van der Waals surface area contributed by atoms with Crippen molar-refractivity contribution in [1.82, 2.24) is 10.2 Å². The van der Waals surface area contributed by atoms with E-state index in [0.717, 1.165) is 13.1 Å². The summed E-state index contributed by atoms with van der Waals surface area (Å²) in [4.78, 5) is 2.55. The lowest BCUT2D eigenvalue weighted by atomic mass is 10.2. The molecule has 0 bridgehead atoms. The van der Waals surface area contributed by atoms with Crippen LogP contribution in [-0.2, 0) is 8.85 Å². The molecule has 4 nitrogen and oxygen atoms in total. The molecule has 0 saturated carbocycles. The molecule has 0 amide bonds. The molecule has 0 aromatic rings. The highest BCUT2D eigenvalue weighted by atomic mass is 28.3. The monoisotopic (exact) mass is 260 g/mol. The van der Waals surface area contributed by atoms with Gasteiger partial charge in [-0.2, -0.15) is 0 Å². The first-order valence-electron chi connectivity index (χ1n) is 6.80. The van der Waals surface area contributed by atoms with Crippen molar-refractivity contribution in [2.45, 2.75) is 31.7 Å². The van der Waals surface area contributed by atoms with Gasteiger partial charge in [0.15, 0.2) is 0 Å². The van der Waals surface area contributed by atoms with Gasteiger partial charge in [-0.05, 0) is 24.9 Å². The number of hydrogen-bond acceptors (Lipinski definition) is 4. The van der Waals surface area contributed by atoms with Crippen LogP contribution in [0.15, 0.2) is 0 Å². The van der Waals surface area contributed by atoms with Crippen molar-refractivity contribution in [2.24, 2.45) is 0 Å². The Morgan fingerprint density at radius 1 is 1.24 bits per heavy atom. The van der Waals surface area contributed by atoms with Crippen molar-refractivity contribution < 1.29 is 8.85 Å². The van der Waals surface area contributed by atoms with E-state index in [1.54, 1.807) is 14.2 Å². The van der Waals surface area contributed by atoms with Crippen LogP contribution in [0.3, 0.4) is 0 Å². The van der Waals surface area contributed by atoms with Gasteiger partial charge in [0.25, 0.3) is 0 Å². The van der Waals surface area contributed by atoms with Gasteiger partial charge in [-0.25, -0.2) is 0 Å². The molecule has 1 heterocycles. The zero-order valence-electron chi connectivity index (χ0n) is 11.6. The molecular formula is C12H28N2O2Si. The molecule has 0 aliphatic carbocycles. The van der Waals surface area contributed by atoms with E-state index < -0.39 is 9.28 Å². The van der Waals surface area contributed by atoms with Crippen molar-refractivity contribution >= 4 is 9.28 Å². The number of hydrogen-bond donors (Lipinski definition) is 1. The highest BCUT2D eigenvalue weighted by Gasteiger charge is 2.22. The van der Waals surface area contributed by atoms with E-state index in [-0.39, 0.29) is 0 Å². The van der Waals surface area contributed by atoms with Gasteiger partial charge in [0.2, 0.25) is 0 Å². The quantitative estimate of drug-likeness (QED) is 0.659. The van der Waals surface area contributed by atoms with E-state index in [0.29, 0.717) is 5.54 Å². The van der Waals surface area contributed by atoms with E-state index >= 15 is 0 Å². The molecule has 1 saturated heterocycles. The first-order chi connectivity index (χ1) is 8.31. The van der Waals surface area contributed by atoms with Crippen LogP contribution in [0.2, 0.25) is 5.54 Å². The van der Waals surface area contributed by atoms with Crippen molar-refractivity contribution in [1.29, 1.82) is 0 Å². The Labute approximate surface area is 108 Å². The Hall–Kier alpha value is 0.0569. The normalized spacial score (nSPS) is 19.8. The van der Waals surface area contributed by atoms with Gasteiger partial charge >= 0.3 is 9.28 Å². The molecule has 1 aliphatic heterocycles. The van der Waals surface area contributed by atoms with E-state index in [4.69, 9.17) is 8.85 Å². The maximum Gasteiger partial charge on any atom is 0.324 e. The largest absolute Gasteiger partial charge is 0.400 e. The molecule has 1 N–H and O–H groups in total. The molecule has 1 atom stereocenters. The van der Waals surface area contributed by atoms with Gasteiger partial charge in [0, 0.05) is 40.4 Å². The number of piperazine rings is 1. The standard InChI is InChI=1S/C12H28N2O2Si/c1-4-12(17(15-2)16-3)6-5-9-14-10-7-13-8-11-14/h12-13,17H,4-11H2,1-3H3. The highest BCUT2D eigenvalue weighted by Crippen LogP contribution is 2.22. The number of nitrogens with zero attached hydrogens (tertiary/aromatic N) is 1. The first-order valence-corrected chi connectivity index (χ1v) is 8.41. The lowest BCUT2D eigenvalue weighted by Crippen LogP contribution is -2.43. The molecule has 1 unspecified atom stereocenters. The summed E-state index contributed by atoms with van der Waals surface area (Å²) < 4.78 is 11.0. The minimum Gasteiger partial charge on any atom is -0.400 e. The van der Waals surface area contributed by atoms with Crippen molar-refractivity contribution in [3.05, 3.63) is 0 Å². The fourth-order valence-electron chi connectivity index (χ4n) is 2.53. The van der Waals surface area contributed by atoms with Gasteiger partial charge in [0.1, 0.15) is 0 Å². The second-order valence-corrected chi connectivity index (χ2v) is 7.36. The van der Waals surface area contributed by atoms with Crippen LogP contribution in [0.25, 0.3) is 0 Å². The second-order valence-electron chi connectivity index (χ2n) is 4.74. The number of rotatable bonds is 8. The molecule has 1 aliphatic rings. The topological polar surface area (TPSA) is 33.7 Å². The smallest absolute Gasteiger partial charge is 0.324 e. The fourth-order valence-corrected chi connectivity index (χ4v) is 4.38. The molecule has 0 radical (unpaired) electrons. The summed E-state index contributed by atoms with van der Waals surface area (Å²) in [6.45, 7) is 8.16. The van der Waals surface area contributed by atoms with E-state index in [2.05, 4.69) is 17.1 Å². The predicted octanol–water partition coefficient (Wildman–Crippen LogP) is 0.965. The SMILES string of the molecule is CCC(CCCN1CCNCC1)[SiH](OC)OC. The van der Waals surface area contributed by atoms with Crippen LogP contribution >= 0.6 is 0 Å². The average molecular weight is 260 g/mol. The summed E-state index contributed by atoms with van der Waals surface area (Å²) in [5, 5.41) is 3.39. The lowest BCUT2D eigenvalue weighted by molar-refractivity contribution is 0.229. The van der Waals surface area contributed by atoms with Gasteiger partial charge in [-0.1, -0.05) is 13.3 Å². The summed E-state index contributed by atoms with van der Waals surface area (Å²) in [7, 11) is 2.17. The van der Waals surface area contributed by atoms with Crippen LogP contribution in [0.1, 0.15) is 26.2 Å². The average Bonchev–Trinajstić information content (AvgIpc) is 2.39. The van der Waals surface area contributed by atoms with Crippen LogP contribution in [0.4, 0.5) is 0 Å². The fraction of sp³-hybridized carbons (Fsp3) is 1.00. The molecule has 17 heavy (non-hydrogen) atoms. The third kappa shape index (κ3) is 5.48. The zero-order chi connectivity index (χ0) is 12.5. The minimum atomic E-state index is -1.41. The molecule has 102 valence electrons. The van der Waals surface area contributed by atoms with Crippen LogP contribution < -0.4 is 5.32 Å². The molecule has 1 fully saturated rings. The third-order valence-corrected chi connectivity index (χ3v) is 6.14. The summed E-state index contributed by atoms with van der Waals surface area (Å²) in [6.07, 6.45) is 3.70. The molecule has 0 spiro atoms. The van der Waals surface area contributed by atoms with E-state index in [1.807, 2.05) is 0 Å². The maximum absolute atomic E-state index is 5.49.